The van der Waals surface area contributed by atoms with Gasteiger partial charge in [0.1, 0.15) is 5.65 Å². The number of aryl methyl sites for hydroxylation is 1. The molecule has 0 aliphatic heterocycles. The Morgan fingerprint density at radius 2 is 2.00 bits per heavy atom. The summed E-state index contributed by atoms with van der Waals surface area (Å²) in [5.41, 5.74) is 0.682. The number of pyridine rings is 1. The Kier molecular flexibility index (Phi) is 3.29. The predicted octanol–water partition coefficient (Wildman–Crippen LogP) is -0.258. The van der Waals surface area contributed by atoms with Crippen LogP contribution in [0.3, 0.4) is 0 Å². The summed E-state index contributed by atoms with van der Waals surface area (Å²) in [5, 5.41) is 3.64. The summed E-state index contributed by atoms with van der Waals surface area (Å²) in [6.45, 7) is 3.52. The molecule has 0 amide bonds. The fourth-order valence-corrected chi connectivity index (χ4v) is 1.87. The van der Waals surface area contributed by atoms with E-state index < -0.39 is 0 Å². The van der Waals surface area contributed by atoms with E-state index in [0.717, 1.165) is 16.7 Å². The van der Waals surface area contributed by atoms with Gasteiger partial charge in [0.2, 0.25) is 0 Å². The van der Waals surface area contributed by atoms with Gasteiger partial charge in [-0.2, -0.15) is 0 Å². The highest BCUT2D eigenvalue weighted by Crippen LogP contribution is 2.06. The average Bonchev–Trinajstić information content (AvgIpc) is 2.40. The molecule has 18 heavy (non-hydrogen) atoms. The van der Waals surface area contributed by atoms with E-state index in [-0.39, 0.29) is 11.2 Å². The summed E-state index contributed by atoms with van der Waals surface area (Å²) in [6, 6.07) is 1.78. The van der Waals surface area contributed by atoms with Crippen LogP contribution in [0.1, 0.15) is 12.5 Å². The molecule has 0 fully saturated rings. The van der Waals surface area contributed by atoms with Crippen LogP contribution in [0, 0.1) is 0 Å². The van der Waals surface area contributed by atoms with Crippen LogP contribution in [-0.2, 0) is 20.6 Å². The molecule has 0 aliphatic carbocycles. The lowest BCUT2D eigenvalue weighted by Gasteiger charge is -2.08. The Morgan fingerprint density at radius 3 is 2.67 bits per heavy atom. The number of hydrogen-bond donors (Lipinski definition) is 1. The number of aromatic nitrogens is 3. The molecule has 1 N–H and O–H groups in total. The molecule has 0 saturated heterocycles. The number of nitrogens with one attached hydrogen (secondary N) is 1. The Hall–Kier alpha value is -1.95. The Balaban J connectivity index is 2.70. The van der Waals surface area contributed by atoms with Crippen molar-refractivity contribution >= 4 is 11.0 Å². The number of hydrogen-bond acceptors (Lipinski definition) is 4. The Bertz CT molecular complexity index is 700. The van der Waals surface area contributed by atoms with E-state index in [1.165, 1.54) is 11.6 Å². The zero-order valence-electron chi connectivity index (χ0n) is 10.7. The van der Waals surface area contributed by atoms with Crippen molar-refractivity contribution in [2.24, 2.45) is 14.1 Å². The van der Waals surface area contributed by atoms with Gasteiger partial charge in [-0.15, -0.1) is 0 Å². The van der Waals surface area contributed by atoms with Gasteiger partial charge < -0.3 is 5.32 Å². The number of rotatable bonds is 3. The van der Waals surface area contributed by atoms with Gasteiger partial charge in [-0.3, -0.25) is 13.9 Å². The van der Waals surface area contributed by atoms with Crippen molar-refractivity contribution in [2.45, 2.75) is 13.5 Å². The second-order valence-corrected chi connectivity index (χ2v) is 4.20. The highest BCUT2D eigenvalue weighted by atomic mass is 16.2. The minimum atomic E-state index is -0.362. The van der Waals surface area contributed by atoms with Crippen molar-refractivity contribution < 1.29 is 0 Å². The maximum Gasteiger partial charge on any atom is 0.332 e. The van der Waals surface area contributed by atoms with Crippen molar-refractivity contribution in [3.63, 3.8) is 0 Å². The lowest BCUT2D eigenvalue weighted by atomic mass is 10.2. The molecular formula is C12H16N4O2. The zero-order chi connectivity index (χ0) is 13.3. The van der Waals surface area contributed by atoms with Crippen LogP contribution < -0.4 is 16.6 Å². The van der Waals surface area contributed by atoms with Crippen molar-refractivity contribution in [3.8, 4) is 0 Å². The monoisotopic (exact) mass is 248 g/mol. The van der Waals surface area contributed by atoms with E-state index in [9.17, 15) is 9.59 Å². The van der Waals surface area contributed by atoms with Gasteiger partial charge in [0, 0.05) is 26.8 Å². The van der Waals surface area contributed by atoms with Gasteiger partial charge in [0.05, 0.1) is 5.39 Å². The summed E-state index contributed by atoms with van der Waals surface area (Å²) < 4.78 is 2.48. The van der Waals surface area contributed by atoms with Crippen LogP contribution in [0.25, 0.3) is 11.0 Å². The first-order valence-corrected chi connectivity index (χ1v) is 5.81. The second-order valence-electron chi connectivity index (χ2n) is 4.20. The van der Waals surface area contributed by atoms with Crippen LogP contribution in [0.15, 0.2) is 21.9 Å². The molecule has 0 aromatic carbocycles. The summed E-state index contributed by atoms with van der Waals surface area (Å²) >= 11 is 0. The third-order valence-electron chi connectivity index (χ3n) is 2.93. The molecule has 6 nitrogen and oxygen atoms in total. The molecule has 96 valence electrons. The van der Waals surface area contributed by atoms with Gasteiger partial charge in [-0.1, -0.05) is 6.92 Å². The molecule has 0 bridgehead atoms. The van der Waals surface area contributed by atoms with Crippen LogP contribution >= 0.6 is 0 Å². The number of nitrogens with zero attached hydrogens (tertiary/aromatic N) is 3. The molecule has 2 aromatic rings. The van der Waals surface area contributed by atoms with Crippen molar-refractivity contribution in [2.75, 3.05) is 6.54 Å². The lowest BCUT2D eigenvalue weighted by Crippen LogP contribution is -2.37. The molecule has 2 heterocycles. The van der Waals surface area contributed by atoms with Crippen LogP contribution in [0.5, 0.6) is 0 Å². The normalized spacial score (nSPS) is 11.1. The van der Waals surface area contributed by atoms with E-state index in [1.54, 1.807) is 19.3 Å². The van der Waals surface area contributed by atoms with Crippen LogP contribution in [0.2, 0.25) is 0 Å². The quantitative estimate of drug-likeness (QED) is 0.812. The minimum absolute atomic E-state index is 0.307. The molecule has 2 rings (SSSR count). The Labute approximate surface area is 104 Å². The topological polar surface area (TPSA) is 68.9 Å². The highest BCUT2D eigenvalue weighted by Gasteiger charge is 2.09. The van der Waals surface area contributed by atoms with Crippen LogP contribution in [0.4, 0.5) is 0 Å². The standard InChI is InChI=1S/C12H16N4O2/c1-4-13-6-8-5-9-10(14-7-8)15(2)12(18)16(3)11(9)17/h5,7,13H,4,6H2,1-3H3. The molecule has 6 heteroatoms. The van der Waals surface area contributed by atoms with E-state index in [0.29, 0.717) is 17.6 Å². The molecule has 0 unspecified atom stereocenters. The first kappa shape index (κ1) is 12.5. The lowest BCUT2D eigenvalue weighted by molar-refractivity contribution is 0.702. The third kappa shape index (κ3) is 1.95. The van der Waals surface area contributed by atoms with Crippen molar-refractivity contribution in [3.05, 3.63) is 38.7 Å². The molecule has 0 saturated carbocycles. The van der Waals surface area contributed by atoms with E-state index >= 15 is 0 Å². The summed E-state index contributed by atoms with van der Waals surface area (Å²) in [4.78, 5) is 28.0. The second kappa shape index (κ2) is 4.73. The van der Waals surface area contributed by atoms with Gasteiger partial charge in [0.15, 0.2) is 0 Å². The fraction of sp³-hybridized carbons (Fsp3) is 0.417. The summed E-state index contributed by atoms with van der Waals surface area (Å²) in [6.07, 6.45) is 1.68. The first-order chi connectivity index (χ1) is 8.56. The predicted molar refractivity (Wildman–Crippen MR) is 69.6 cm³/mol. The van der Waals surface area contributed by atoms with E-state index in [4.69, 9.17) is 0 Å². The van der Waals surface area contributed by atoms with Gasteiger partial charge in [-0.05, 0) is 18.2 Å². The van der Waals surface area contributed by atoms with E-state index in [2.05, 4.69) is 10.3 Å². The maximum absolute atomic E-state index is 12.0. The third-order valence-corrected chi connectivity index (χ3v) is 2.93. The molecule has 2 aromatic heterocycles. The summed E-state index contributed by atoms with van der Waals surface area (Å²) in [5.74, 6) is 0. The zero-order valence-corrected chi connectivity index (χ0v) is 10.7. The SMILES string of the molecule is CCNCc1cnc2c(c1)c(=O)n(C)c(=O)n2C. The molecular weight excluding hydrogens is 232 g/mol. The van der Waals surface area contributed by atoms with Crippen molar-refractivity contribution in [1.82, 2.24) is 19.4 Å². The smallest absolute Gasteiger partial charge is 0.313 e. The number of fused-ring (bicyclic) bond motifs is 1. The van der Waals surface area contributed by atoms with E-state index in [1.807, 2.05) is 6.92 Å². The largest absolute Gasteiger partial charge is 0.332 e. The molecule has 0 radical (unpaired) electrons. The Morgan fingerprint density at radius 1 is 1.28 bits per heavy atom. The van der Waals surface area contributed by atoms with Crippen molar-refractivity contribution in [1.29, 1.82) is 0 Å². The van der Waals surface area contributed by atoms with Gasteiger partial charge >= 0.3 is 5.69 Å². The van der Waals surface area contributed by atoms with Gasteiger partial charge in [0.25, 0.3) is 5.56 Å². The van der Waals surface area contributed by atoms with Crippen LogP contribution in [-0.4, -0.2) is 20.7 Å². The first-order valence-electron chi connectivity index (χ1n) is 5.81. The molecule has 0 atom stereocenters. The molecule has 0 aliphatic rings. The minimum Gasteiger partial charge on any atom is -0.313 e. The highest BCUT2D eigenvalue weighted by molar-refractivity contribution is 5.74. The fourth-order valence-electron chi connectivity index (χ4n) is 1.87. The average molecular weight is 248 g/mol. The maximum atomic E-state index is 12.0. The van der Waals surface area contributed by atoms with Gasteiger partial charge in [-0.25, -0.2) is 9.78 Å². The molecule has 0 spiro atoms. The summed E-state index contributed by atoms with van der Waals surface area (Å²) in [7, 11) is 3.09.